The lowest BCUT2D eigenvalue weighted by atomic mass is 9.99. The fourth-order valence-electron chi connectivity index (χ4n) is 2.40. The Kier molecular flexibility index (Phi) is 4.04. The van der Waals surface area contributed by atoms with Crippen LogP contribution in [0, 0.1) is 18.7 Å². The highest BCUT2D eigenvalue weighted by Crippen LogP contribution is 2.28. The number of aryl methyl sites for hydroxylation is 1. The minimum atomic E-state index is -3.71. The minimum Gasteiger partial charge on any atom is -0.396 e. The van der Waals surface area contributed by atoms with Crippen LogP contribution in [0.2, 0.25) is 0 Å². The maximum atomic E-state index is 13.3. The molecule has 0 radical (unpaired) electrons. The first-order valence-corrected chi connectivity index (χ1v) is 7.91. The molecule has 1 heterocycles. The second kappa shape index (κ2) is 5.31. The van der Waals surface area contributed by atoms with Crippen LogP contribution in [-0.2, 0) is 10.0 Å². The van der Waals surface area contributed by atoms with Crippen LogP contribution >= 0.6 is 0 Å². The molecule has 0 aliphatic carbocycles. The molecule has 2 atom stereocenters. The molecule has 0 bridgehead atoms. The van der Waals surface area contributed by atoms with Gasteiger partial charge in [0.1, 0.15) is 5.82 Å². The van der Waals surface area contributed by atoms with Crippen molar-refractivity contribution in [1.29, 1.82) is 0 Å². The van der Waals surface area contributed by atoms with Gasteiger partial charge >= 0.3 is 0 Å². The van der Waals surface area contributed by atoms with E-state index >= 15 is 0 Å². The number of halogens is 1. The van der Waals surface area contributed by atoms with E-state index in [-0.39, 0.29) is 29.6 Å². The largest absolute Gasteiger partial charge is 0.396 e. The molecule has 0 amide bonds. The number of aliphatic hydroxyl groups excluding tert-OH is 1. The molecule has 1 fully saturated rings. The number of aliphatic hydroxyl groups is 1. The summed E-state index contributed by atoms with van der Waals surface area (Å²) in [4.78, 5) is 0.0278. The van der Waals surface area contributed by atoms with E-state index in [9.17, 15) is 17.9 Å². The summed E-state index contributed by atoms with van der Waals surface area (Å²) in [5.41, 5.74) is 5.62. The number of hydrogen-bond acceptors (Lipinski definition) is 4. The average molecular weight is 302 g/mol. The van der Waals surface area contributed by atoms with Gasteiger partial charge in [0.25, 0.3) is 0 Å². The third-order valence-corrected chi connectivity index (χ3v) is 5.74. The van der Waals surface area contributed by atoms with Crippen molar-refractivity contribution in [2.75, 3.05) is 18.8 Å². The predicted molar refractivity (Wildman–Crippen MR) is 74.1 cm³/mol. The molecular weight excluding hydrogens is 283 g/mol. The van der Waals surface area contributed by atoms with Crippen molar-refractivity contribution < 1.29 is 17.9 Å². The first-order chi connectivity index (χ1) is 9.23. The summed E-state index contributed by atoms with van der Waals surface area (Å²) in [6, 6.07) is 2.29. The number of nitrogens with two attached hydrogens (primary N) is 1. The molecule has 112 valence electrons. The Morgan fingerprint density at radius 1 is 1.45 bits per heavy atom. The number of anilines is 1. The molecule has 2 rings (SSSR count). The van der Waals surface area contributed by atoms with Crippen LogP contribution in [0.25, 0.3) is 0 Å². The number of sulfonamides is 1. The van der Waals surface area contributed by atoms with Crippen LogP contribution in [0.3, 0.4) is 0 Å². The van der Waals surface area contributed by atoms with Crippen LogP contribution in [0.4, 0.5) is 10.1 Å². The zero-order valence-electron chi connectivity index (χ0n) is 11.5. The van der Waals surface area contributed by atoms with Gasteiger partial charge in [0.15, 0.2) is 0 Å². The van der Waals surface area contributed by atoms with Gasteiger partial charge in [-0.2, -0.15) is 4.31 Å². The normalized spacial score (nSPS) is 24.8. The van der Waals surface area contributed by atoms with Crippen LogP contribution < -0.4 is 5.73 Å². The van der Waals surface area contributed by atoms with E-state index in [1.165, 1.54) is 11.2 Å². The Labute approximate surface area is 118 Å². The Hall–Kier alpha value is -1.18. The molecule has 7 heteroatoms. The van der Waals surface area contributed by atoms with Crippen LogP contribution in [-0.4, -0.2) is 37.0 Å². The second-order valence-corrected chi connectivity index (χ2v) is 7.24. The van der Waals surface area contributed by atoms with E-state index in [1.807, 2.05) is 0 Å². The Bertz CT molecular complexity index is 618. The minimum absolute atomic E-state index is 0.0278. The molecule has 1 aliphatic rings. The van der Waals surface area contributed by atoms with Gasteiger partial charge in [-0.25, -0.2) is 12.8 Å². The zero-order chi connectivity index (χ0) is 15.1. The summed E-state index contributed by atoms with van der Waals surface area (Å²) in [5, 5.41) is 9.68. The third kappa shape index (κ3) is 2.65. The van der Waals surface area contributed by atoms with Gasteiger partial charge in [-0.15, -0.1) is 0 Å². The Balaban J connectivity index is 2.38. The topological polar surface area (TPSA) is 83.6 Å². The number of hydrogen-bond donors (Lipinski definition) is 2. The summed E-state index contributed by atoms with van der Waals surface area (Å²) in [6.45, 7) is 3.85. The van der Waals surface area contributed by atoms with Crippen molar-refractivity contribution in [3.63, 3.8) is 0 Å². The van der Waals surface area contributed by atoms with Crippen molar-refractivity contribution in [3.8, 4) is 0 Å². The number of nitrogens with zero attached hydrogens (tertiary/aromatic N) is 1. The smallest absolute Gasteiger partial charge is 0.243 e. The van der Waals surface area contributed by atoms with Crippen molar-refractivity contribution in [3.05, 3.63) is 23.5 Å². The van der Waals surface area contributed by atoms with Crippen molar-refractivity contribution in [1.82, 2.24) is 4.31 Å². The quantitative estimate of drug-likeness (QED) is 0.802. The molecule has 1 aromatic rings. The lowest BCUT2D eigenvalue weighted by Crippen LogP contribution is -2.45. The summed E-state index contributed by atoms with van der Waals surface area (Å²) in [7, 11) is -3.71. The van der Waals surface area contributed by atoms with Gasteiger partial charge < -0.3 is 10.8 Å². The van der Waals surface area contributed by atoms with Gasteiger partial charge in [0.05, 0.1) is 16.7 Å². The highest BCUT2D eigenvalue weighted by molar-refractivity contribution is 7.89. The van der Waals surface area contributed by atoms with Crippen LogP contribution in [0.15, 0.2) is 17.0 Å². The Morgan fingerprint density at radius 3 is 2.70 bits per heavy atom. The highest BCUT2D eigenvalue weighted by atomic mass is 32.2. The Morgan fingerprint density at radius 2 is 2.10 bits per heavy atom. The van der Waals surface area contributed by atoms with E-state index in [4.69, 9.17) is 5.73 Å². The van der Waals surface area contributed by atoms with Crippen LogP contribution in [0.5, 0.6) is 0 Å². The fraction of sp³-hybridized carbons (Fsp3) is 0.538. The standard InChI is InChI=1S/C13H19FN2O3S/c1-8-5-10(14)11(15)6-13(8)20(18,19)16-4-3-12(17)9(2)7-16/h5-6,9,12,17H,3-4,7,15H2,1-2H3. The SMILES string of the molecule is Cc1cc(F)c(N)cc1S(=O)(=O)N1CCC(O)C(C)C1. The molecule has 1 aliphatic heterocycles. The van der Waals surface area contributed by atoms with Gasteiger partial charge in [0.2, 0.25) is 10.0 Å². The van der Waals surface area contributed by atoms with Crippen molar-refractivity contribution in [2.24, 2.45) is 5.92 Å². The van der Waals surface area contributed by atoms with E-state index in [0.717, 1.165) is 12.1 Å². The monoisotopic (exact) mass is 302 g/mol. The molecule has 0 aromatic heterocycles. The van der Waals surface area contributed by atoms with Gasteiger partial charge in [-0.05, 0) is 37.0 Å². The fourth-order valence-corrected chi connectivity index (χ4v) is 4.20. The molecule has 20 heavy (non-hydrogen) atoms. The average Bonchev–Trinajstić information content (AvgIpc) is 2.36. The maximum Gasteiger partial charge on any atom is 0.243 e. The summed E-state index contributed by atoms with van der Waals surface area (Å²) < 4.78 is 39.8. The lowest BCUT2D eigenvalue weighted by molar-refractivity contribution is 0.0628. The molecule has 3 N–H and O–H groups in total. The maximum absolute atomic E-state index is 13.3. The summed E-state index contributed by atoms with van der Waals surface area (Å²) in [5.74, 6) is -0.750. The molecular formula is C13H19FN2O3S. The van der Waals surface area contributed by atoms with Crippen LogP contribution in [0.1, 0.15) is 18.9 Å². The van der Waals surface area contributed by atoms with Gasteiger partial charge in [0, 0.05) is 13.1 Å². The first kappa shape index (κ1) is 15.2. The highest BCUT2D eigenvalue weighted by Gasteiger charge is 2.33. The van der Waals surface area contributed by atoms with Crippen molar-refractivity contribution in [2.45, 2.75) is 31.3 Å². The zero-order valence-corrected chi connectivity index (χ0v) is 12.3. The lowest BCUT2D eigenvalue weighted by Gasteiger charge is -2.33. The number of nitrogen functional groups attached to an aromatic ring is 1. The summed E-state index contributed by atoms with van der Waals surface area (Å²) in [6.07, 6.45) is -0.0864. The molecule has 2 unspecified atom stereocenters. The van der Waals surface area contributed by atoms with Crippen molar-refractivity contribution >= 4 is 15.7 Å². The van der Waals surface area contributed by atoms with E-state index < -0.39 is 21.9 Å². The summed E-state index contributed by atoms with van der Waals surface area (Å²) >= 11 is 0. The molecule has 1 aromatic carbocycles. The first-order valence-electron chi connectivity index (χ1n) is 6.47. The van der Waals surface area contributed by atoms with Gasteiger partial charge in [-0.3, -0.25) is 0 Å². The molecule has 0 spiro atoms. The van der Waals surface area contributed by atoms with Gasteiger partial charge in [-0.1, -0.05) is 6.92 Å². The second-order valence-electron chi connectivity index (χ2n) is 5.34. The third-order valence-electron chi connectivity index (χ3n) is 3.73. The van der Waals surface area contributed by atoms with E-state index in [2.05, 4.69) is 0 Å². The number of benzene rings is 1. The molecule has 5 nitrogen and oxygen atoms in total. The van der Waals surface area contributed by atoms with E-state index in [1.54, 1.807) is 6.92 Å². The number of piperidine rings is 1. The molecule has 1 saturated heterocycles. The number of rotatable bonds is 2. The predicted octanol–water partition coefficient (Wildman–Crippen LogP) is 1.11. The molecule has 0 saturated carbocycles. The van der Waals surface area contributed by atoms with E-state index in [0.29, 0.717) is 12.0 Å².